The van der Waals surface area contributed by atoms with Crippen molar-refractivity contribution >= 4 is 41.0 Å². The third-order valence-electron chi connectivity index (χ3n) is 3.64. The Morgan fingerprint density at radius 3 is 2.74 bits per heavy atom. The molecule has 0 spiro atoms. The number of nitrogens with one attached hydrogen (secondary N) is 1. The second-order valence-electron chi connectivity index (χ2n) is 5.86. The van der Waals surface area contributed by atoms with Crippen LogP contribution >= 0.6 is 23.5 Å². The van der Waals surface area contributed by atoms with E-state index < -0.39 is 0 Å². The Hall–Kier alpha value is -2.00. The summed E-state index contributed by atoms with van der Waals surface area (Å²) in [4.78, 5) is 26.4. The minimum atomic E-state index is -0.212. The molecule has 0 radical (unpaired) electrons. The lowest BCUT2D eigenvalue weighted by Crippen LogP contribution is -2.39. The average molecular weight is 409 g/mol. The van der Waals surface area contributed by atoms with Gasteiger partial charge in [0.15, 0.2) is 0 Å². The van der Waals surface area contributed by atoms with Crippen molar-refractivity contribution in [2.24, 2.45) is 0 Å². The molecule has 0 unspecified atom stereocenters. The first-order valence-electron chi connectivity index (χ1n) is 8.60. The number of rotatable bonds is 10. The normalized spacial score (nSPS) is 10.6. The van der Waals surface area contributed by atoms with E-state index in [1.54, 1.807) is 16.7 Å². The van der Waals surface area contributed by atoms with Crippen molar-refractivity contribution < 1.29 is 14.0 Å². The number of thioether (sulfide) groups is 2. The number of benzene rings is 1. The molecule has 27 heavy (non-hydrogen) atoms. The summed E-state index contributed by atoms with van der Waals surface area (Å²) in [6.07, 6.45) is 2.72. The summed E-state index contributed by atoms with van der Waals surface area (Å²) in [6, 6.07) is 7.55. The molecule has 2 rings (SSSR count). The van der Waals surface area contributed by atoms with Crippen molar-refractivity contribution in [2.75, 3.05) is 30.4 Å². The highest BCUT2D eigenvalue weighted by atomic mass is 32.2. The Balaban J connectivity index is 1.89. The van der Waals surface area contributed by atoms with Crippen LogP contribution in [-0.2, 0) is 15.3 Å². The fourth-order valence-corrected chi connectivity index (χ4v) is 3.38. The molecule has 146 valence electrons. The Bertz CT molecular complexity index is 767. The van der Waals surface area contributed by atoms with Crippen LogP contribution < -0.4 is 5.32 Å². The molecule has 1 aromatic heterocycles. The number of nitrogens with zero attached hydrogens (tertiary/aromatic N) is 3. The third kappa shape index (κ3) is 6.91. The Labute approximate surface area is 167 Å². The van der Waals surface area contributed by atoms with Crippen LogP contribution in [0, 0.1) is 6.92 Å². The van der Waals surface area contributed by atoms with Crippen LogP contribution in [-0.4, -0.2) is 52.0 Å². The topological polar surface area (TPSA) is 88.3 Å². The monoisotopic (exact) mass is 408 g/mol. The maximum atomic E-state index is 12.5. The Morgan fingerprint density at radius 1 is 1.26 bits per heavy atom. The van der Waals surface area contributed by atoms with Crippen molar-refractivity contribution in [2.45, 2.75) is 31.2 Å². The summed E-state index contributed by atoms with van der Waals surface area (Å²) in [5.74, 6) is 0.990. The quantitative estimate of drug-likeness (QED) is 0.604. The van der Waals surface area contributed by atoms with E-state index in [0.29, 0.717) is 23.4 Å². The number of anilines is 1. The summed E-state index contributed by atoms with van der Waals surface area (Å²) >= 11 is 2.78. The second-order valence-corrected chi connectivity index (χ2v) is 7.65. The molecule has 1 N–H and O–H groups in total. The predicted octanol–water partition coefficient (Wildman–Crippen LogP) is 3.21. The van der Waals surface area contributed by atoms with Crippen LogP contribution in [0.15, 0.2) is 33.9 Å². The molecule has 0 aliphatic rings. The zero-order chi connectivity index (χ0) is 19.6. The lowest BCUT2D eigenvalue weighted by Gasteiger charge is -2.21. The number of para-hydroxylation sites is 1. The third-order valence-corrected chi connectivity index (χ3v) is 4.97. The van der Waals surface area contributed by atoms with Crippen molar-refractivity contribution in [1.82, 2.24) is 15.1 Å². The van der Waals surface area contributed by atoms with Crippen molar-refractivity contribution in [3.05, 3.63) is 35.7 Å². The molecule has 0 aliphatic heterocycles. The van der Waals surface area contributed by atoms with E-state index >= 15 is 0 Å². The van der Waals surface area contributed by atoms with Gasteiger partial charge in [-0.1, -0.05) is 36.9 Å². The largest absolute Gasteiger partial charge is 0.415 e. The number of carbonyl (C=O) groups is 2. The Morgan fingerprint density at radius 2 is 2.04 bits per heavy atom. The standard InChI is InChI=1S/C18H24N4O3S2/c1-4-9-22(10-15(23)19-14-8-6-5-7-13(14)2)17(24)12-27-18-21-20-16(25-18)11-26-3/h5-8H,4,9-12H2,1-3H3,(H,19,23). The van der Waals surface area contributed by atoms with E-state index in [9.17, 15) is 9.59 Å². The number of amides is 2. The van der Waals surface area contributed by atoms with Gasteiger partial charge in [-0.25, -0.2) is 0 Å². The molecule has 0 saturated carbocycles. The van der Waals surface area contributed by atoms with Gasteiger partial charge in [0, 0.05) is 12.2 Å². The summed E-state index contributed by atoms with van der Waals surface area (Å²) in [5, 5.41) is 11.1. The zero-order valence-electron chi connectivity index (χ0n) is 15.7. The molecule has 0 atom stereocenters. The molecule has 1 aromatic carbocycles. The van der Waals surface area contributed by atoms with Gasteiger partial charge in [-0.2, -0.15) is 11.8 Å². The van der Waals surface area contributed by atoms with E-state index in [1.807, 2.05) is 44.4 Å². The van der Waals surface area contributed by atoms with Crippen LogP contribution in [0.25, 0.3) is 0 Å². The van der Waals surface area contributed by atoms with Crippen molar-refractivity contribution in [3.63, 3.8) is 0 Å². The summed E-state index contributed by atoms with van der Waals surface area (Å²) in [7, 11) is 0. The fourth-order valence-electron chi connectivity index (χ4n) is 2.33. The minimum Gasteiger partial charge on any atom is -0.415 e. The van der Waals surface area contributed by atoms with E-state index in [4.69, 9.17) is 4.42 Å². The molecule has 1 heterocycles. The van der Waals surface area contributed by atoms with Gasteiger partial charge >= 0.3 is 0 Å². The van der Waals surface area contributed by atoms with Gasteiger partial charge in [0.2, 0.25) is 17.7 Å². The van der Waals surface area contributed by atoms with Gasteiger partial charge in [-0.3, -0.25) is 9.59 Å². The van der Waals surface area contributed by atoms with Crippen LogP contribution in [0.4, 0.5) is 5.69 Å². The number of carbonyl (C=O) groups excluding carboxylic acids is 2. The number of aromatic nitrogens is 2. The molecular weight excluding hydrogens is 384 g/mol. The van der Waals surface area contributed by atoms with Gasteiger partial charge in [0.1, 0.15) is 0 Å². The molecule has 2 amide bonds. The van der Waals surface area contributed by atoms with E-state index in [0.717, 1.165) is 17.7 Å². The van der Waals surface area contributed by atoms with Crippen LogP contribution in [0.1, 0.15) is 24.8 Å². The molecule has 2 aromatic rings. The first-order valence-corrected chi connectivity index (χ1v) is 11.0. The van der Waals surface area contributed by atoms with Crippen molar-refractivity contribution in [3.8, 4) is 0 Å². The highest BCUT2D eigenvalue weighted by Crippen LogP contribution is 2.19. The van der Waals surface area contributed by atoms with Crippen LogP contribution in [0.5, 0.6) is 0 Å². The minimum absolute atomic E-state index is 0.0170. The Kier molecular flexibility index (Phi) is 8.66. The lowest BCUT2D eigenvalue weighted by atomic mass is 10.2. The molecule has 7 nitrogen and oxygen atoms in total. The molecule has 0 fully saturated rings. The predicted molar refractivity (Wildman–Crippen MR) is 109 cm³/mol. The summed E-state index contributed by atoms with van der Waals surface area (Å²) < 4.78 is 5.46. The maximum Gasteiger partial charge on any atom is 0.277 e. The summed E-state index contributed by atoms with van der Waals surface area (Å²) in [6.45, 7) is 4.43. The number of hydrogen-bond acceptors (Lipinski definition) is 7. The van der Waals surface area contributed by atoms with Crippen LogP contribution in [0.2, 0.25) is 0 Å². The van der Waals surface area contributed by atoms with Gasteiger partial charge in [-0.15, -0.1) is 10.2 Å². The highest BCUT2D eigenvalue weighted by Gasteiger charge is 2.18. The molecule has 0 saturated heterocycles. The zero-order valence-corrected chi connectivity index (χ0v) is 17.4. The fraction of sp³-hybridized carbons (Fsp3) is 0.444. The van der Waals surface area contributed by atoms with E-state index in [2.05, 4.69) is 15.5 Å². The average Bonchev–Trinajstić information content (AvgIpc) is 3.09. The summed E-state index contributed by atoms with van der Waals surface area (Å²) in [5.41, 5.74) is 1.74. The first-order chi connectivity index (χ1) is 13.0. The molecule has 9 heteroatoms. The number of aryl methyl sites for hydroxylation is 1. The maximum absolute atomic E-state index is 12.5. The second kappa shape index (κ2) is 11.0. The molecular formula is C18H24N4O3S2. The van der Waals surface area contributed by atoms with Gasteiger partial charge in [0.05, 0.1) is 18.1 Å². The van der Waals surface area contributed by atoms with E-state index in [1.165, 1.54) is 11.8 Å². The van der Waals surface area contributed by atoms with Gasteiger partial charge < -0.3 is 14.6 Å². The SMILES string of the molecule is CCCN(CC(=O)Nc1ccccc1C)C(=O)CSc1nnc(CSC)o1. The van der Waals surface area contributed by atoms with Crippen molar-refractivity contribution in [1.29, 1.82) is 0 Å². The van der Waals surface area contributed by atoms with Crippen LogP contribution in [0.3, 0.4) is 0 Å². The molecule has 0 aliphatic carbocycles. The smallest absolute Gasteiger partial charge is 0.277 e. The first kappa shape index (κ1) is 21.3. The van der Waals surface area contributed by atoms with Gasteiger partial charge in [-0.05, 0) is 31.2 Å². The molecule has 0 bridgehead atoms. The van der Waals surface area contributed by atoms with Gasteiger partial charge in [0.25, 0.3) is 5.22 Å². The number of hydrogen-bond donors (Lipinski definition) is 1. The van der Waals surface area contributed by atoms with E-state index in [-0.39, 0.29) is 24.1 Å². The lowest BCUT2D eigenvalue weighted by molar-refractivity contribution is -0.132. The highest BCUT2D eigenvalue weighted by molar-refractivity contribution is 7.99.